The zero-order chi connectivity index (χ0) is 44.7. The number of fused-ring (bicyclic) bond motifs is 9. The number of halogens is 1. The Hall–Kier alpha value is -6.69. The molecule has 2 nitrogen and oxygen atoms in total. The molecule has 0 saturated carbocycles. The topological polar surface area (TPSA) is 8.17 Å². The van der Waals surface area contributed by atoms with Gasteiger partial charge >= 0.3 is 229 Å². The molecule has 2 aliphatic carbocycles. The van der Waals surface area contributed by atoms with Gasteiger partial charge in [0.1, 0.15) is 0 Å². The van der Waals surface area contributed by atoms with E-state index in [-0.39, 0.29) is 10.8 Å². The second-order valence-electron chi connectivity index (χ2n) is 19.2. The van der Waals surface area contributed by atoms with Crippen LogP contribution in [-0.4, -0.2) is 18.9 Å². The van der Waals surface area contributed by atoms with E-state index >= 15 is 0 Å². The third-order valence-electron chi connectivity index (χ3n) is 14.8. The summed E-state index contributed by atoms with van der Waals surface area (Å²) in [4.78, 5) is 7.46. The average Bonchev–Trinajstić information content (AvgIpc) is 3.91. The number of alkyl halides is 3. The van der Waals surface area contributed by atoms with E-state index in [4.69, 9.17) is 0 Å². The molecule has 1 aromatic heterocycles. The van der Waals surface area contributed by atoms with Crippen molar-refractivity contribution in [3.05, 3.63) is 229 Å². The summed E-state index contributed by atoms with van der Waals surface area (Å²) < 4.78 is 3.74. The van der Waals surface area contributed by atoms with Crippen LogP contribution in [-0.2, 0) is 10.8 Å². The molecule has 1 heterocycles. The van der Waals surface area contributed by atoms with Gasteiger partial charge < -0.3 is 4.57 Å². The number of hydrogen-bond donors (Lipinski definition) is 0. The number of hydrogen-bond acceptors (Lipinski definition) is 1. The molecule has 0 amide bonds. The van der Waals surface area contributed by atoms with Crippen LogP contribution in [0.25, 0.3) is 72.0 Å². The van der Waals surface area contributed by atoms with E-state index in [2.05, 4.69) is 246 Å². The predicted molar refractivity (Wildman–Crippen MR) is 291 cm³/mol. The standard InChI is InChI=1S/C63H53IN2/c1-62(2)55-24-14-12-21-50(55)53-40-58-54(41-57(53)62)61-49(23-16-25-56(61)63(58,3)37-38-64(4)5)44-29-33-47(34-30-44)65(46-31-27-43(28-32-46)42-17-8-6-9-18-42)48-35-36-52-51-22-13-15-26-59(51)66(60(52)39-48)45-19-10-7-11-20-45/h6-36,39-41H,37-38H2,1-5H3. The van der Waals surface area contributed by atoms with Gasteiger partial charge in [-0.1, -0.05) is 84.9 Å². The average molecular weight is 965 g/mol. The van der Waals surface area contributed by atoms with Crippen LogP contribution in [0.5, 0.6) is 0 Å². The summed E-state index contributed by atoms with van der Waals surface area (Å²) in [5.41, 5.74) is 23.2. The molecule has 66 heavy (non-hydrogen) atoms. The number of aromatic nitrogens is 1. The first-order chi connectivity index (χ1) is 32.2. The van der Waals surface area contributed by atoms with Gasteiger partial charge in [-0.15, -0.1) is 0 Å². The Labute approximate surface area is 396 Å². The Bertz CT molecular complexity index is 3470. The third-order valence-corrected chi connectivity index (χ3v) is 17.5. The monoisotopic (exact) mass is 964 g/mol. The fourth-order valence-corrected chi connectivity index (χ4v) is 13.5. The zero-order valence-corrected chi connectivity index (χ0v) is 40.5. The molecular weight excluding hydrogens is 912 g/mol. The van der Waals surface area contributed by atoms with Crippen LogP contribution in [0, 0.1) is 0 Å². The predicted octanol–water partition coefficient (Wildman–Crippen LogP) is 17.3. The zero-order valence-electron chi connectivity index (χ0n) is 38.3. The molecule has 3 heteroatoms. The van der Waals surface area contributed by atoms with Crippen molar-refractivity contribution >= 4 is 58.7 Å². The second-order valence-corrected chi connectivity index (χ2v) is 25.5. The quantitative estimate of drug-likeness (QED) is 0.103. The van der Waals surface area contributed by atoms with Crippen molar-refractivity contribution < 1.29 is 0 Å². The molecule has 10 aromatic rings. The van der Waals surface area contributed by atoms with Gasteiger partial charge in [0.05, 0.1) is 11.0 Å². The van der Waals surface area contributed by atoms with Crippen molar-refractivity contribution in [2.24, 2.45) is 0 Å². The fourth-order valence-electron chi connectivity index (χ4n) is 11.4. The van der Waals surface area contributed by atoms with Gasteiger partial charge in [0.25, 0.3) is 0 Å². The van der Waals surface area contributed by atoms with E-state index in [1.165, 1.54) is 99.4 Å². The van der Waals surface area contributed by atoms with E-state index in [1.807, 2.05) is 0 Å². The fraction of sp³-hybridized carbons (Fsp3) is 0.143. The molecule has 322 valence electrons. The van der Waals surface area contributed by atoms with Crippen molar-refractivity contribution in [1.82, 2.24) is 4.57 Å². The molecule has 9 aromatic carbocycles. The minimum atomic E-state index is -0.980. The Kier molecular flexibility index (Phi) is 9.73. The van der Waals surface area contributed by atoms with Crippen LogP contribution in [0.3, 0.4) is 0 Å². The van der Waals surface area contributed by atoms with Crippen LogP contribution in [0.4, 0.5) is 17.1 Å². The van der Waals surface area contributed by atoms with E-state index in [0.29, 0.717) is 0 Å². The normalized spacial score (nSPS) is 15.6. The summed E-state index contributed by atoms with van der Waals surface area (Å²) in [6, 6.07) is 77.0. The molecule has 0 saturated heterocycles. The van der Waals surface area contributed by atoms with Crippen molar-refractivity contribution in [3.8, 4) is 50.2 Å². The number of anilines is 3. The maximum atomic E-state index is 2.60. The number of benzene rings is 9. The summed E-state index contributed by atoms with van der Waals surface area (Å²) in [5, 5.41) is 2.50. The summed E-state index contributed by atoms with van der Waals surface area (Å²) in [6.45, 7) is 7.36. The molecule has 2 aliphatic rings. The van der Waals surface area contributed by atoms with Crippen LogP contribution in [0.2, 0.25) is 0 Å². The number of rotatable bonds is 9. The van der Waals surface area contributed by atoms with Gasteiger partial charge in [-0.25, -0.2) is 0 Å². The van der Waals surface area contributed by atoms with Gasteiger partial charge in [0.15, 0.2) is 0 Å². The molecular formula is C63H53IN2. The van der Waals surface area contributed by atoms with Gasteiger partial charge in [-0.05, 0) is 53.6 Å². The van der Waals surface area contributed by atoms with Gasteiger partial charge in [0, 0.05) is 16.5 Å². The summed E-state index contributed by atoms with van der Waals surface area (Å²) in [5.74, 6) is 0. The van der Waals surface area contributed by atoms with Gasteiger partial charge in [-0.3, -0.25) is 0 Å². The van der Waals surface area contributed by atoms with E-state index < -0.39 is 19.8 Å². The Balaban J connectivity index is 1.01. The Morgan fingerprint density at radius 3 is 1.74 bits per heavy atom. The van der Waals surface area contributed by atoms with Gasteiger partial charge in [0.2, 0.25) is 0 Å². The molecule has 1 atom stereocenters. The van der Waals surface area contributed by atoms with Crippen LogP contribution < -0.4 is 4.90 Å². The first-order valence-corrected chi connectivity index (χ1v) is 29.1. The second kappa shape index (κ2) is 15.7. The van der Waals surface area contributed by atoms with Crippen LogP contribution in [0.1, 0.15) is 49.4 Å². The van der Waals surface area contributed by atoms with Crippen molar-refractivity contribution in [3.63, 3.8) is 0 Å². The first-order valence-electron chi connectivity index (χ1n) is 23.2. The molecule has 0 bridgehead atoms. The van der Waals surface area contributed by atoms with Crippen LogP contribution >= 0.6 is 19.8 Å². The number of nitrogens with zero attached hydrogens (tertiary/aromatic N) is 2. The summed E-state index contributed by atoms with van der Waals surface area (Å²) >= 11 is -0.980. The number of para-hydroxylation sites is 2. The van der Waals surface area contributed by atoms with Crippen molar-refractivity contribution in [2.45, 2.75) is 38.0 Å². The molecule has 0 radical (unpaired) electrons. The summed E-state index contributed by atoms with van der Waals surface area (Å²) in [7, 11) is 0. The van der Waals surface area contributed by atoms with Gasteiger partial charge in [-0.2, -0.15) is 0 Å². The third kappa shape index (κ3) is 6.41. The van der Waals surface area contributed by atoms with E-state index in [0.717, 1.165) is 22.7 Å². The Morgan fingerprint density at radius 2 is 1.00 bits per heavy atom. The molecule has 0 spiro atoms. The van der Waals surface area contributed by atoms with E-state index in [9.17, 15) is 0 Å². The molecule has 0 aliphatic heterocycles. The molecule has 12 rings (SSSR count). The summed E-state index contributed by atoms with van der Waals surface area (Å²) in [6.07, 6.45) is 1.18. The van der Waals surface area contributed by atoms with E-state index in [1.54, 1.807) is 0 Å². The van der Waals surface area contributed by atoms with Crippen LogP contribution in [0.15, 0.2) is 206 Å². The molecule has 0 N–H and O–H groups in total. The SMILES string of the molecule is CI(C)CCC1(C)c2cc3c(cc2-c2c(-c4ccc(N(c5ccc(-c6ccccc6)cc5)c5ccc6c7ccccc7n(-c7ccccc7)c6c5)cc4)cccc21)C(C)(C)c1ccccc1-3. The minimum absolute atomic E-state index is 0.0529. The molecule has 1 unspecified atom stereocenters. The maximum absolute atomic E-state index is 2.60. The van der Waals surface area contributed by atoms with Crippen molar-refractivity contribution in [1.29, 1.82) is 0 Å². The molecule has 0 fully saturated rings. The van der Waals surface area contributed by atoms with Crippen molar-refractivity contribution in [2.75, 3.05) is 19.2 Å². The Morgan fingerprint density at radius 1 is 0.424 bits per heavy atom. The first kappa shape index (κ1) is 40.8.